The van der Waals surface area contributed by atoms with E-state index in [1.54, 1.807) is 0 Å². The molecule has 0 radical (unpaired) electrons. The van der Waals surface area contributed by atoms with Crippen LogP contribution in [0.4, 0.5) is 0 Å². The SMILES string of the molecule is CC1(C)O[C@@H]2[C@H](O1)[C@H]1OC(C)(C)O[C@H]1O[C@@H]2[C@H]1C[C@@H](O)CN1Cc1ccccc1. The van der Waals surface area contributed by atoms with Crippen molar-refractivity contribution in [2.45, 2.75) is 95.1 Å². The van der Waals surface area contributed by atoms with Gasteiger partial charge in [-0.15, -0.1) is 0 Å². The van der Waals surface area contributed by atoms with E-state index in [9.17, 15) is 5.11 Å². The molecular formula is C22H31NO6. The first kappa shape index (κ1) is 19.9. The molecule has 1 aromatic carbocycles. The largest absolute Gasteiger partial charge is 0.392 e. The Morgan fingerprint density at radius 2 is 1.52 bits per heavy atom. The second-order valence-corrected chi connectivity index (χ2v) is 9.51. The van der Waals surface area contributed by atoms with Gasteiger partial charge in [0.25, 0.3) is 0 Å². The average Bonchev–Trinajstić information content (AvgIpc) is 3.26. The van der Waals surface area contributed by atoms with Crippen molar-refractivity contribution in [2.24, 2.45) is 0 Å². The molecule has 4 aliphatic rings. The van der Waals surface area contributed by atoms with Gasteiger partial charge in [0.15, 0.2) is 17.9 Å². The summed E-state index contributed by atoms with van der Waals surface area (Å²) in [6, 6.07) is 10.3. The number of ether oxygens (including phenoxy) is 5. The molecule has 1 aromatic rings. The number of benzene rings is 1. The fourth-order valence-corrected chi connectivity index (χ4v) is 5.20. The minimum atomic E-state index is -0.732. The summed E-state index contributed by atoms with van der Waals surface area (Å²) in [4.78, 5) is 2.29. The van der Waals surface area contributed by atoms with E-state index >= 15 is 0 Å². The monoisotopic (exact) mass is 405 g/mol. The molecule has 7 atom stereocenters. The van der Waals surface area contributed by atoms with E-state index in [-0.39, 0.29) is 30.5 Å². The zero-order valence-electron chi connectivity index (χ0n) is 17.5. The second-order valence-electron chi connectivity index (χ2n) is 9.51. The minimum absolute atomic E-state index is 0.00321. The lowest BCUT2D eigenvalue weighted by Crippen LogP contribution is -2.60. The summed E-state index contributed by atoms with van der Waals surface area (Å²) in [7, 11) is 0. The summed E-state index contributed by atoms with van der Waals surface area (Å²) in [5.41, 5.74) is 1.21. The first-order valence-electron chi connectivity index (χ1n) is 10.5. The van der Waals surface area contributed by atoms with Crippen LogP contribution in [-0.2, 0) is 30.2 Å². The van der Waals surface area contributed by atoms with Gasteiger partial charge in [-0.1, -0.05) is 30.3 Å². The van der Waals surface area contributed by atoms with Crippen LogP contribution in [-0.4, -0.2) is 71.0 Å². The number of nitrogens with zero attached hydrogens (tertiary/aromatic N) is 1. The molecule has 0 aliphatic carbocycles. The number of aliphatic hydroxyl groups is 1. The van der Waals surface area contributed by atoms with Gasteiger partial charge in [0.05, 0.1) is 6.10 Å². The van der Waals surface area contributed by atoms with Crippen molar-refractivity contribution < 1.29 is 28.8 Å². The van der Waals surface area contributed by atoms with Crippen LogP contribution in [0.15, 0.2) is 30.3 Å². The number of hydrogen-bond acceptors (Lipinski definition) is 7. The Balaban J connectivity index is 1.42. The molecule has 7 nitrogen and oxygen atoms in total. The quantitative estimate of drug-likeness (QED) is 0.825. The van der Waals surface area contributed by atoms with E-state index in [2.05, 4.69) is 17.0 Å². The molecule has 4 heterocycles. The Kier molecular flexibility index (Phi) is 4.79. The molecule has 5 rings (SSSR count). The molecule has 4 aliphatic heterocycles. The highest BCUT2D eigenvalue weighted by Gasteiger charge is 2.62. The Bertz CT molecular complexity index is 740. The molecule has 4 saturated heterocycles. The molecule has 7 heteroatoms. The maximum Gasteiger partial charge on any atom is 0.190 e. The Morgan fingerprint density at radius 3 is 2.24 bits per heavy atom. The van der Waals surface area contributed by atoms with Crippen molar-refractivity contribution >= 4 is 0 Å². The molecule has 160 valence electrons. The van der Waals surface area contributed by atoms with Gasteiger partial charge < -0.3 is 28.8 Å². The molecule has 4 fully saturated rings. The average molecular weight is 405 g/mol. The summed E-state index contributed by atoms with van der Waals surface area (Å²) in [6.07, 6.45) is -1.43. The Morgan fingerprint density at radius 1 is 0.897 bits per heavy atom. The van der Waals surface area contributed by atoms with Crippen LogP contribution in [0.2, 0.25) is 0 Å². The van der Waals surface area contributed by atoms with Crippen LogP contribution < -0.4 is 0 Å². The molecular weight excluding hydrogens is 374 g/mol. The number of aliphatic hydroxyl groups excluding tert-OH is 1. The van der Waals surface area contributed by atoms with Gasteiger partial charge in [0.2, 0.25) is 0 Å². The lowest BCUT2D eigenvalue weighted by Gasteiger charge is -2.42. The van der Waals surface area contributed by atoms with E-state index in [0.29, 0.717) is 13.0 Å². The highest BCUT2D eigenvalue weighted by molar-refractivity contribution is 5.16. The van der Waals surface area contributed by atoms with Gasteiger partial charge in [-0.25, -0.2) is 0 Å². The van der Waals surface area contributed by atoms with Crippen LogP contribution in [0.1, 0.15) is 39.7 Å². The van der Waals surface area contributed by atoms with Gasteiger partial charge in [-0.3, -0.25) is 4.90 Å². The maximum absolute atomic E-state index is 10.5. The number of β-amino-alcohol motifs (C(OH)–C–C–N with tert-alkyl or cyclic N) is 1. The fourth-order valence-electron chi connectivity index (χ4n) is 5.20. The molecule has 29 heavy (non-hydrogen) atoms. The van der Waals surface area contributed by atoms with Crippen LogP contribution in [0.25, 0.3) is 0 Å². The highest BCUT2D eigenvalue weighted by Crippen LogP contribution is 2.46. The van der Waals surface area contributed by atoms with E-state index in [1.807, 2.05) is 45.9 Å². The first-order valence-corrected chi connectivity index (χ1v) is 10.5. The standard InChI is InChI=1S/C22H31NO6/c1-21(2)26-17-16(25-20-19(18(17)27-21)28-22(3,4)29-20)15-10-14(24)12-23(15)11-13-8-6-5-7-9-13/h5-9,14-20,24H,10-12H2,1-4H3/t14-,15-,16-,17+,18+,19-,20-/m1/s1. The number of likely N-dealkylation sites (tertiary alicyclic amines) is 1. The van der Waals surface area contributed by atoms with Crippen LogP contribution in [0, 0.1) is 0 Å². The van der Waals surface area contributed by atoms with Crippen molar-refractivity contribution in [3.8, 4) is 0 Å². The van der Waals surface area contributed by atoms with Crippen LogP contribution in [0.5, 0.6) is 0 Å². The second kappa shape index (κ2) is 6.99. The predicted octanol–water partition coefficient (Wildman–Crippen LogP) is 2.02. The summed E-state index contributed by atoms with van der Waals surface area (Å²) in [5, 5.41) is 10.5. The van der Waals surface area contributed by atoms with Gasteiger partial charge in [0.1, 0.15) is 24.4 Å². The third-order valence-electron chi connectivity index (χ3n) is 6.23. The fraction of sp³-hybridized carbons (Fsp3) is 0.727. The molecule has 0 saturated carbocycles. The van der Waals surface area contributed by atoms with E-state index in [1.165, 1.54) is 5.56 Å². The summed E-state index contributed by atoms with van der Waals surface area (Å²) in [6.45, 7) is 8.98. The van der Waals surface area contributed by atoms with Gasteiger partial charge in [-0.2, -0.15) is 0 Å². The van der Waals surface area contributed by atoms with E-state index < -0.39 is 24.0 Å². The lowest BCUT2D eigenvalue weighted by atomic mass is 9.92. The van der Waals surface area contributed by atoms with Gasteiger partial charge in [0, 0.05) is 19.1 Å². The summed E-state index contributed by atoms with van der Waals surface area (Å²) >= 11 is 0. The van der Waals surface area contributed by atoms with E-state index in [0.717, 1.165) is 6.54 Å². The van der Waals surface area contributed by atoms with Crippen molar-refractivity contribution in [1.82, 2.24) is 4.90 Å². The van der Waals surface area contributed by atoms with Crippen molar-refractivity contribution in [2.75, 3.05) is 6.54 Å². The van der Waals surface area contributed by atoms with Crippen molar-refractivity contribution in [3.05, 3.63) is 35.9 Å². The smallest absolute Gasteiger partial charge is 0.190 e. The Hall–Kier alpha value is -1.06. The third kappa shape index (κ3) is 3.74. The zero-order valence-corrected chi connectivity index (χ0v) is 17.5. The number of fused-ring (bicyclic) bond motifs is 3. The molecule has 0 bridgehead atoms. The number of rotatable bonds is 3. The maximum atomic E-state index is 10.5. The summed E-state index contributed by atoms with van der Waals surface area (Å²) < 4.78 is 31.1. The summed E-state index contributed by atoms with van der Waals surface area (Å²) in [5.74, 6) is -1.45. The molecule has 0 spiro atoms. The van der Waals surface area contributed by atoms with Gasteiger partial charge >= 0.3 is 0 Å². The van der Waals surface area contributed by atoms with Gasteiger partial charge in [-0.05, 0) is 39.7 Å². The minimum Gasteiger partial charge on any atom is -0.392 e. The Labute approximate surface area is 171 Å². The normalized spacial score (nSPS) is 43.3. The van der Waals surface area contributed by atoms with Crippen molar-refractivity contribution in [1.29, 1.82) is 0 Å². The first-order chi connectivity index (χ1) is 13.7. The predicted molar refractivity (Wildman–Crippen MR) is 104 cm³/mol. The molecule has 1 N–H and O–H groups in total. The van der Waals surface area contributed by atoms with Crippen molar-refractivity contribution in [3.63, 3.8) is 0 Å². The zero-order chi connectivity index (χ0) is 20.4. The number of hydrogen-bond donors (Lipinski definition) is 1. The molecule has 0 unspecified atom stereocenters. The van der Waals surface area contributed by atoms with Crippen LogP contribution in [0.3, 0.4) is 0 Å². The molecule has 0 aromatic heterocycles. The van der Waals surface area contributed by atoms with Crippen LogP contribution >= 0.6 is 0 Å². The topological polar surface area (TPSA) is 69.6 Å². The lowest BCUT2D eigenvalue weighted by molar-refractivity contribution is -0.245. The third-order valence-corrected chi connectivity index (χ3v) is 6.23. The molecule has 0 amide bonds. The van der Waals surface area contributed by atoms with E-state index in [4.69, 9.17) is 23.7 Å². The highest BCUT2D eigenvalue weighted by atomic mass is 16.9.